The van der Waals surface area contributed by atoms with Crippen LogP contribution in [0.15, 0.2) is 58.3 Å². The standard InChI is InChI=1S/C19H22N2O6S2/c1-14-4-3-11-21(13-14)29(26,27)17-9-7-16(8-10-17)20-28(24,25)18-6-2-5-15(12-18)19(22)23/h2,5-10,12,14,20H,3-4,11,13H2,1H3,(H,22,23). The number of hydrogen-bond acceptors (Lipinski definition) is 5. The SMILES string of the molecule is CC1CCCN(S(=O)(=O)c2ccc(NS(=O)(=O)c3cccc(C(=O)O)c3)cc2)C1. The largest absolute Gasteiger partial charge is 0.478 e. The molecule has 2 aromatic carbocycles. The van der Waals surface area contributed by atoms with Crippen LogP contribution < -0.4 is 4.72 Å². The van der Waals surface area contributed by atoms with Gasteiger partial charge in [0.25, 0.3) is 10.0 Å². The second-order valence-corrected chi connectivity index (χ2v) is 10.7. The van der Waals surface area contributed by atoms with Crippen molar-refractivity contribution < 1.29 is 26.7 Å². The van der Waals surface area contributed by atoms with E-state index in [1.165, 1.54) is 46.8 Å². The summed E-state index contributed by atoms with van der Waals surface area (Å²) in [4.78, 5) is 10.9. The van der Waals surface area contributed by atoms with Crippen molar-refractivity contribution in [3.8, 4) is 0 Å². The molecule has 1 aliphatic rings. The van der Waals surface area contributed by atoms with Crippen molar-refractivity contribution in [2.24, 2.45) is 5.92 Å². The van der Waals surface area contributed by atoms with Crippen molar-refractivity contribution in [1.82, 2.24) is 4.31 Å². The molecule has 2 N–H and O–H groups in total. The highest BCUT2D eigenvalue weighted by Gasteiger charge is 2.28. The molecule has 0 aromatic heterocycles. The van der Waals surface area contributed by atoms with Crippen molar-refractivity contribution in [1.29, 1.82) is 0 Å². The second kappa shape index (κ2) is 8.13. The van der Waals surface area contributed by atoms with Gasteiger partial charge in [-0.3, -0.25) is 4.72 Å². The van der Waals surface area contributed by atoms with E-state index in [2.05, 4.69) is 4.72 Å². The summed E-state index contributed by atoms with van der Waals surface area (Å²) in [5.41, 5.74) is 0.0294. The van der Waals surface area contributed by atoms with E-state index in [9.17, 15) is 21.6 Å². The average molecular weight is 439 g/mol. The van der Waals surface area contributed by atoms with Crippen LogP contribution >= 0.6 is 0 Å². The Morgan fingerprint density at radius 2 is 1.76 bits per heavy atom. The van der Waals surface area contributed by atoms with E-state index >= 15 is 0 Å². The number of rotatable bonds is 6. The summed E-state index contributed by atoms with van der Waals surface area (Å²) in [7, 11) is -7.65. The summed E-state index contributed by atoms with van der Waals surface area (Å²) in [6, 6.07) is 10.4. The lowest BCUT2D eigenvalue weighted by atomic mass is 10.0. The van der Waals surface area contributed by atoms with Crippen molar-refractivity contribution in [3.63, 3.8) is 0 Å². The van der Waals surface area contributed by atoms with Crippen LogP contribution in [0.3, 0.4) is 0 Å². The molecule has 0 radical (unpaired) electrons. The fraction of sp³-hybridized carbons (Fsp3) is 0.316. The third kappa shape index (κ3) is 4.77. The topological polar surface area (TPSA) is 121 Å². The fourth-order valence-electron chi connectivity index (χ4n) is 3.22. The predicted molar refractivity (Wildman–Crippen MR) is 108 cm³/mol. The van der Waals surface area contributed by atoms with Crippen LogP contribution in [0, 0.1) is 5.92 Å². The quantitative estimate of drug-likeness (QED) is 0.715. The van der Waals surface area contributed by atoms with Crippen LogP contribution in [0.25, 0.3) is 0 Å². The van der Waals surface area contributed by atoms with Crippen LogP contribution in [0.4, 0.5) is 5.69 Å². The summed E-state index contributed by atoms with van der Waals surface area (Å²) in [6.07, 6.45) is 1.81. The van der Waals surface area contributed by atoms with Gasteiger partial charge in [-0.1, -0.05) is 13.0 Å². The van der Waals surface area contributed by atoms with Gasteiger partial charge in [-0.2, -0.15) is 4.31 Å². The summed E-state index contributed by atoms with van der Waals surface area (Å²) < 4.78 is 54.4. The van der Waals surface area contributed by atoms with E-state index in [-0.39, 0.29) is 21.0 Å². The van der Waals surface area contributed by atoms with Gasteiger partial charge in [0, 0.05) is 18.8 Å². The highest BCUT2D eigenvalue weighted by atomic mass is 32.2. The number of carbonyl (C=O) groups is 1. The van der Waals surface area contributed by atoms with Gasteiger partial charge in [0.05, 0.1) is 15.4 Å². The normalized spacial score (nSPS) is 18.3. The Hall–Kier alpha value is -2.43. The number of nitrogens with one attached hydrogen (secondary N) is 1. The van der Waals surface area contributed by atoms with Crippen LogP contribution in [-0.4, -0.2) is 45.3 Å². The van der Waals surface area contributed by atoms with Crippen molar-refractivity contribution in [2.75, 3.05) is 17.8 Å². The Bertz CT molecular complexity index is 1110. The highest BCUT2D eigenvalue weighted by molar-refractivity contribution is 7.92. The lowest BCUT2D eigenvalue weighted by Crippen LogP contribution is -2.39. The Morgan fingerprint density at radius 3 is 2.38 bits per heavy atom. The minimum absolute atomic E-state index is 0.0995. The van der Waals surface area contributed by atoms with Gasteiger partial charge >= 0.3 is 5.97 Å². The maximum absolute atomic E-state index is 12.8. The highest BCUT2D eigenvalue weighted by Crippen LogP contribution is 2.25. The molecule has 8 nitrogen and oxygen atoms in total. The van der Waals surface area contributed by atoms with Gasteiger partial charge in [0.2, 0.25) is 10.0 Å². The molecule has 0 spiro atoms. The molecule has 1 atom stereocenters. The molecule has 1 heterocycles. The summed E-state index contributed by atoms with van der Waals surface area (Å²) in [5, 5.41) is 9.02. The first-order valence-electron chi connectivity index (χ1n) is 9.06. The van der Waals surface area contributed by atoms with E-state index in [4.69, 9.17) is 5.11 Å². The van der Waals surface area contributed by atoms with Crippen LogP contribution in [0.5, 0.6) is 0 Å². The summed E-state index contributed by atoms with van der Waals surface area (Å²) in [6.45, 7) is 2.95. The smallest absolute Gasteiger partial charge is 0.335 e. The molecule has 0 bridgehead atoms. The van der Waals surface area contributed by atoms with E-state index in [0.29, 0.717) is 19.0 Å². The van der Waals surface area contributed by atoms with Crippen molar-refractivity contribution >= 4 is 31.7 Å². The third-order valence-electron chi connectivity index (χ3n) is 4.76. The van der Waals surface area contributed by atoms with Crippen LogP contribution in [0.2, 0.25) is 0 Å². The third-order valence-corrected chi connectivity index (χ3v) is 8.01. The molecule has 1 aliphatic heterocycles. The zero-order valence-corrected chi connectivity index (χ0v) is 17.4. The van der Waals surface area contributed by atoms with E-state index in [0.717, 1.165) is 18.9 Å². The predicted octanol–water partition coefficient (Wildman–Crippen LogP) is 2.61. The zero-order chi connectivity index (χ0) is 21.2. The number of aromatic carboxylic acids is 1. The van der Waals surface area contributed by atoms with Crippen molar-refractivity contribution in [3.05, 3.63) is 54.1 Å². The van der Waals surface area contributed by atoms with E-state index in [1.807, 2.05) is 6.92 Å². The van der Waals surface area contributed by atoms with Gasteiger partial charge in [0.1, 0.15) is 0 Å². The van der Waals surface area contributed by atoms with Gasteiger partial charge < -0.3 is 5.11 Å². The number of piperidine rings is 1. The van der Waals surface area contributed by atoms with Gasteiger partial charge in [-0.05, 0) is 61.2 Å². The Balaban J connectivity index is 1.80. The van der Waals surface area contributed by atoms with Crippen molar-refractivity contribution in [2.45, 2.75) is 29.6 Å². The van der Waals surface area contributed by atoms with E-state index < -0.39 is 26.0 Å². The summed E-state index contributed by atoms with van der Waals surface area (Å²) >= 11 is 0. The molecular formula is C19H22N2O6S2. The number of anilines is 1. The lowest BCUT2D eigenvalue weighted by Gasteiger charge is -2.30. The molecule has 3 rings (SSSR count). The lowest BCUT2D eigenvalue weighted by molar-refractivity contribution is 0.0696. The molecule has 1 unspecified atom stereocenters. The summed E-state index contributed by atoms with van der Waals surface area (Å²) in [5.74, 6) is -0.935. The van der Waals surface area contributed by atoms with E-state index in [1.54, 1.807) is 0 Å². The minimum Gasteiger partial charge on any atom is -0.478 e. The number of sulfonamides is 2. The molecule has 0 aliphatic carbocycles. The Morgan fingerprint density at radius 1 is 1.07 bits per heavy atom. The maximum atomic E-state index is 12.8. The molecule has 1 saturated heterocycles. The molecular weight excluding hydrogens is 416 g/mol. The minimum atomic E-state index is -4.02. The second-order valence-electron chi connectivity index (χ2n) is 7.07. The van der Waals surface area contributed by atoms with Gasteiger partial charge in [-0.25, -0.2) is 21.6 Å². The first kappa shape index (κ1) is 21.3. The molecule has 0 saturated carbocycles. The maximum Gasteiger partial charge on any atom is 0.335 e. The first-order valence-corrected chi connectivity index (χ1v) is 12.0. The Labute approximate surface area is 170 Å². The molecule has 10 heteroatoms. The Kier molecular flexibility index (Phi) is 5.97. The number of hydrogen-bond donors (Lipinski definition) is 2. The van der Waals surface area contributed by atoms with Crippen LogP contribution in [-0.2, 0) is 20.0 Å². The number of carboxylic acid groups (broad SMARTS) is 1. The zero-order valence-electron chi connectivity index (χ0n) is 15.8. The van der Waals surface area contributed by atoms with Crippen LogP contribution in [0.1, 0.15) is 30.1 Å². The number of nitrogens with zero attached hydrogens (tertiary/aromatic N) is 1. The molecule has 29 heavy (non-hydrogen) atoms. The molecule has 0 amide bonds. The monoisotopic (exact) mass is 438 g/mol. The first-order chi connectivity index (χ1) is 13.6. The average Bonchev–Trinajstić information content (AvgIpc) is 2.68. The molecule has 1 fully saturated rings. The number of benzene rings is 2. The van der Waals surface area contributed by atoms with Gasteiger partial charge in [0.15, 0.2) is 0 Å². The fourth-order valence-corrected chi connectivity index (χ4v) is 5.92. The van der Waals surface area contributed by atoms with Gasteiger partial charge in [-0.15, -0.1) is 0 Å². The molecule has 156 valence electrons. The molecule has 2 aromatic rings. The number of carboxylic acids is 1.